The zero-order valence-electron chi connectivity index (χ0n) is 11.7. The minimum absolute atomic E-state index is 0.280. The third-order valence-corrected chi connectivity index (χ3v) is 4.68. The van der Waals surface area contributed by atoms with Crippen LogP contribution in [0.15, 0.2) is 48.5 Å². The fourth-order valence-corrected chi connectivity index (χ4v) is 3.23. The number of imide groups is 1. The van der Waals surface area contributed by atoms with E-state index in [0.29, 0.717) is 16.4 Å². The highest BCUT2D eigenvalue weighted by Gasteiger charge is 2.40. The zero-order valence-corrected chi connectivity index (χ0v) is 13.3. The van der Waals surface area contributed by atoms with E-state index in [9.17, 15) is 9.59 Å². The molecule has 1 saturated heterocycles. The van der Waals surface area contributed by atoms with E-state index in [1.54, 1.807) is 30.3 Å². The number of carbonyl (C=O) groups is 2. The van der Waals surface area contributed by atoms with Gasteiger partial charge >= 0.3 is 0 Å². The number of aryl methyl sites for hydroxylation is 1. The first-order chi connectivity index (χ1) is 10.6. The maximum atomic E-state index is 12.5. The molecule has 1 N–H and O–H groups in total. The van der Waals surface area contributed by atoms with Crippen LogP contribution in [0.2, 0.25) is 5.02 Å². The second-order valence-electron chi connectivity index (χ2n) is 4.88. The lowest BCUT2D eigenvalue weighted by molar-refractivity contribution is -0.116. The predicted octanol–water partition coefficient (Wildman–Crippen LogP) is 4.29. The summed E-state index contributed by atoms with van der Waals surface area (Å²) >= 11 is 7.04. The van der Waals surface area contributed by atoms with Gasteiger partial charge in [-0.25, -0.2) is 4.90 Å². The molecule has 1 aliphatic heterocycles. The van der Waals surface area contributed by atoms with Crippen molar-refractivity contribution in [2.24, 2.45) is 0 Å². The van der Waals surface area contributed by atoms with Crippen molar-refractivity contribution in [2.75, 3.05) is 10.2 Å². The lowest BCUT2D eigenvalue weighted by Crippen LogP contribution is -2.34. The first kappa shape index (κ1) is 14.9. The van der Waals surface area contributed by atoms with Crippen LogP contribution in [0, 0.1) is 6.92 Å². The Labute approximate surface area is 137 Å². The number of nitrogens with one attached hydrogen (secondary N) is 1. The smallest absolute Gasteiger partial charge is 0.295 e. The van der Waals surface area contributed by atoms with Crippen LogP contribution in [0.25, 0.3) is 0 Å². The van der Waals surface area contributed by atoms with Gasteiger partial charge in [-0.15, -0.1) is 0 Å². The maximum Gasteiger partial charge on any atom is 0.295 e. The van der Waals surface area contributed by atoms with Crippen LogP contribution < -0.4 is 10.2 Å². The number of carbonyl (C=O) groups excluding carboxylic acids is 2. The van der Waals surface area contributed by atoms with Crippen LogP contribution in [0.1, 0.15) is 5.56 Å². The Morgan fingerprint density at radius 1 is 1.14 bits per heavy atom. The molecule has 3 rings (SSSR count). The number of thioether (sulfide) groups is 1. The number of amides is 2. The molecule has 1 heterocycles. The first-order valence-electron chi connectivity index (χ1n) is 6.68. The number of rotatable bonds is 3. The number of halogens is 1. The minimum atomic E-state index is -0.647. The molecule has 0 bridgehead atoms. The Morgan fingerprint density at radius 2 is 1.86 bits per heavy atom. The number of hydrogen-bond donors (Lipinski definition) is 1. The van der Waals surface area contributed by atoms with Gasteiger partial charge in [0.25, 0.3) is 11.1 Å². The molecule has 0 aliphatic carbocycles. The largest absolute Gasteiger partial charge is 0.365 e. The van der Waals surface area contributed by atoms with Gasteiger partial charge in [0.05, 0.1) is 5.69 Å². The molecule has 0 saturated carbocycles. The summed E-state index contributed by atoms with van der Waals surface area (Å²) in [6, 6.07) is 14.4. The number of nitrogens with zero attached hydrogens (tertiary/aromatic N) is 1. The zero-order chi connectivity index (χ0) is 15.7. The average Bonchev–Trinajstić information content (AvgIpc) is 2.78. The van der Waals surface area contributed by atoms with Gasteiger partial charge in [-0.2, -0.15) is 0 Å². The van der Waals surface area contributed by atoms with Gasteiger partial charge in [0, 0.05) is 10.7 Å². The summed E-state index contributed by atoms with van der Waals surface area (Å²) in [5, 5.41) is 2.74. The second-order valence-corrected chi connectivity index (χ2v) is 6.34. The minimum Gasteiger partial charge on any atom is -0.365 e. The van der Waals surface area contributed by atoms with Crippen molar-refractivity contribution in [3.8, 4) is 0 Å². The highest BCUT2D eigenvalue weighted by atomic mass is 35.5. The number of benzene rings is 2. The van der Waals surface area contributed by atoms with E-state index in [4.69, 9.17) is 11.6 Å². The molecule has 0 spiro atoms. The molecular weight excluding hydrogens is 320 g/mol. The van der Waals surface area contributed by atoms with Crippen LogP contribution in [-0.2, 0) is 4.79 Å². The Kier molecular flexibility index (Phi) is 4.09. The summed E-state index contributed by atoms with van der Waals surface area (Å²) in [4.78, 5) is 25.8. The lowest BCUT2D eigenvalue weighted by Gasteiger charge is -2.15. The lowest BCUT2D eigenvalue weighted by atomic mass is 10.2. The van der Waals surface area contributed by atoms with Gasteiger partial charge in [0.15, 0.2) is 5.37 Å². The van der Waals surface area contributed by atoms with Gasteiger partial charge in [0.1, 0.15) is 0 Å². The van der Waals surface area contributed by atoms with Crippen molar-refractivity contribution in [1.82, 2.24) is 0 Å². The van der Waals surface area contributed by atoms with Gasteiger partial charge in [-0.1, -0.05) is 35.9 Å². The van der Waals surface area contributed by atoms with Crippen LogP contribution in [0.5, 0.6) is 0 Å². The molecule has 4 nitrogen and oxygen atoms in total. The van der Waals surface area contributed by atoms with E-state index in [-0.39, 0.29) is 11.1 Å². The van der Waals surface area contributed by atoms with Crippen LogP contribution in [0.3, 0.4) is 0 Å². The number of anilines is 2. The first-order valence-corrected chi connectivity index (χ1v) is 7.94. The van der Waals surface area contributed by atoms with Crippen molar-refractivity contribution in [2.45, 2.75) is 12.3 Å². The highest BCUT2D eigenvalue weighted by molar-refractivity contribution is 8.16. The molecule has 22 heavy (non-hydrogen) atoms. The molecule has 0 unspecified atom stereocenters. The van der Waals surface area contributed by atoms with Crippen LogP contribution >= 0.6 is 23.4 Å². The molecular formula is C16H13ClN2O2S. The number of hydrogen-bond acceptors (Lipinski definition) is 4. The van der Waals surface area contributed by atoms with Gasteiger partial charge in [-0.3, -0.25) is 9.59 Å². The molecule has 0 radical (unpaired) electrons. The molecule has 112 valence electrons. The van der Waals surface area contributed by atoms with E-state index in [2.05, 4.69) is 5.32 Å². The van der Waals surface area contributed by atoms with Gasteiger partial charge < -0.3 is 5.32 Å². The van der Waals surface area contributed by atoms with Crippen molar-refractivity contribution in [1.29, 1.82) is 0 Å². The molecule has 2 aromatic rings. The van der Waals surface area contributed by atoms with Gasteiger partial charge in [-0.05, 0) is 48.5 Å². The van der Waals surface area contributed by atoms with Crippen molar-refractivity contribution in [3.05, 3.63) is 59.1 Å². The molecule has 1 aliphatic rings. The molecule has 6 heteroatoms. The SMILES string of the molecule is Cc1ccc(N[C@@H]2SC(=O)N(c3ccccc3)C2=O)cc1Cl. The summed E-state index contributed by atoms with van der Waals surface area (Å²) < 4.78 is 0. The monoisotopic (exact) mass is 332 g/mol. The van der Waals surface area contributed by atoms with E-state index in [0.717, 1.165) is 17.3 Å². The van der Waals surface area contributed by atoms with E-state index >= 15 is 0 Å². The van der Waals surface area contributed by atoms with E-state index < -0.39 is 5.37 Å². The van der Waals surface area contributed by atoms with Crippen LogP contribution in [-0.4, -0.2) is 16.5 Å². The summed E-state index contributed by atoms with van der Waals surface area (Å²) in [6.45, 7) is 1.91. The third-order valence-electron chi connectivity index (χ3n) is 3.33. The topological polar surface area (TPSA) is 49.4 Å². The molecule has 0 aromatic heterocycles. The Morgan fingerprint density at radius 3 is 2.55 bits per heavy atom. The quantitative estimate of drug-likeness (QED) is 0.911. The van der Waals surface area contributed by atoms with Crippen molar-refractivity contribution < 1.29 is 9.59 Å². The van der Waals surface area contributed by atoms with Crippen molar-refractivity contribution in [3.63, 3.8) is 0 Å². The highest BCUT2D eigenvalue weighted by Crippen LogP contribution is 2.32. The third kappa shape index (κ3) is 2.82. The molecule has 2 amide bonds. The average molecular weight is 333 g/mol. The summed E-state index contributed by atoms with van der Waals surface area (Å²) in [7, 11) is 0. The van der Waals surface area contributed by atoms with Crippen molar-refractivity contribution >= 4 is 45.9 Å². The Hall–Kier alpha value is -1.98. The summed E-state index contributed by atoms with van der Waals surface area (Å²) in [6.07, 6.45) is 0. The summed E-state index contributed by atoms with van der Waals surface area (Å²) in [5.74, 6) is -0.280. The standard InChI is InChI=1S/C16H13ClN2O2S/c1-10-7-8-11(9-13(10)17)18-14-15(20)19(16(21)22-14)12-5-3-2-4-6-12/h2-9,14,18H,1H3/t14-/m1/s1. The normalized spacial score (nSPS) is 17.9. The molecule has 2 aromatic carbocycles. The number of para-hydroxylation sites is 1. The second kappa shape index (κ2) is 6.02. The Balaban J connectivity index is 1.80. The van der Waals surface area contributed by atoms with Crippen LogP contribution in [0.4, 0.5) is 16.2 Å². The Bertz CT molecular complexity index is 736. The predicted molar refractivity (Wildman–Crippen MR) is 90.5 cm³/mol. The molecule has 1 fully saturated rings. The summed E-state index contributed by atoms with van der Waals surface area (Å²) in [5.41, 5.74) is 2.25. The van der Waals surface area contributed by atoms with E-state index in [1.807, 2.05) is 25.1 Å². The fraction of sp³-hybridized carbons (Fsp3) is 0.125. The fourth-order valence-electron chi connectivity index (χ4n) is 2.15. The maximum absolute atomic E-state index is 12.5. The van der Waals surface area contributed by atoms with Gasteiger partial charge in [0.2, 0.25) is 0 Å². The molecule has 1 atom stereocenters. The van der Waals surface area contributed by atoms with E-state index in [1.165, 1.54) is 4.90 Å².